The molecule has 2 nitrogen and oxygen atoms in total. The van der Waals surface area contributed by atoms with E-state index in [0.717, 1.165) is 12.5 Å². The maximum Gasteiger partial charge on any atom is 0.0436 e. The van der Waals surface area contributed by atoms with Gasteiger partial charge in [-0.15, -0.1) is 0 Å². The van der Waals surface area contributed by atoms with Crippen molar-refractivity contribution in [1.82, 2.24) is 10.3 Å². The molecule has 1 fully saturated rings. The highest BCUT2D eigenvalue weighted by Gasteiger charge is 2.23. The fourth-order valence-electron chi connectivity index (χ4n) is 3.74. The molecule has 1 aromatic heterocycles. The summed E-state index contributed by atoms with van der Waals surface area (Å²) in [5, 5.41) is 4.48. The topological polar surface area (TPSA) is 24.9 Å². The summed E-state index contributed by atoms with van der Waals surface area (Å²) < 4.78 is 0. The van der Waals surface area contributed by atoms with Crippen molar-refractivity contribution in [3.8, 4) is 0 Å². The zero-order valence-corrected chi connectivity index (χ0v) is 14.2. The average molecular weight is 305 g/mol. The van der Waals surface area contributed by atoms with Gasteiger partial charge in [-0.1, -0.05) is 25.3 Å². The number of hydrogen-bond acceptors (Lipinski definition) is 3. The molecule has 0 aliphatic heterocycles. The van der Waals surface area contributed by atoms with Gasteiger partial charge in [-0.25, -0.2) is 0 Å². The van der Waals surface area contributed by atoms with E-state index in [0.29, 0.717) is 11.3 Å². The van der Waals surface area contributed by atoms with Crippen molar-refractivity contribution in [2.45, 2.75) is 75.6 Å². The number of aromatic nitrogens is 1. The van der Waals surface area contributed by atoms with Crippen LogP contribution >= 0.6 is 11.8 Å². The summed E-state index contributed by atoms with van der Waals surface area (Å²) in [6.45, 7) is 2.27. The summed E-state index contributed by atoms with van der Waals surface area (Å²) in [4.78, 5) is 4.73. The standard InChI is InChI=1S/C18H28N2S/c1-13(21-2)15-10-14-11-17(8-9-18(14)19-12-15)20-16-6-4-3-5-7-16/h10,12-13,16-17,20H,3-9,11H2,1-2H3. The molecule has 1 aromatic rings. The lowest BCUT2D eigenvalue weighted by atomic mass is 9.88. The second kappa shape index (κ2) is 7.15. The van der Waals surface area contributed by atoms with Crippen LogP contribution in [0.5, 0.6) is 0 Å². The second-order valence-electron chi connectivity index (χ2n) is 6.69. The fourth-order valence-corrected chi connectivity index (χ4v) is 4.14. The minimum absolute atomic E-state index is 0.550. The molecule has 2 aliphatic rings. The summed E-state index contributed by atoms with van der Waals surface area (Å²) >= 11 is 1.90. The third-order valence-electron chi connectivity index (χ3n) is 5.18. The minimum Gasteiger partial charge on any atom is -0.311 e. The molecule has 1 saturated carbocycles. The van der Waals surface area contributed by atoms with E-state index in [1.54, 1.807) is 0 Å². The molecule has 21 heavy (non-hydrogen) atoms. The van der Waals surface area contributed by atoms with Gasteiger partial charge in [0.1, 0.15) is 0 Å². The molecule has 0 bridgehead atoms. The molecule has 2 atom stereocenters. The zero-order chi connectivity index (χ0) is 14.7. The first-order valence-corrected chi connectivity index (χ1v) is 9.81. The van der Waals surface area contributed by atoms with Gasteiger partial charge in [0, 0.05) is 29.2 Å². The van der Waals surface area contributed by atoms with Crippen LogP contribution in [-0.4, -0.2) is 23.3 Å². The summed E-state index contributed by atoms with van der Waals surface area (Å²) in [7, 11) is 0. The van der Waals surface area contributed by atoms with Crippen molar-refractivity contribution in [2.75, 3.05) is 6.26 Å². The van der Waals surface area contributed by atoms with Crippen molar-refractivity contribution >= 4 is 11.8 Å². The van der Waals surface area contributed by atoms with E-state index in [1.807, 2.05) is 11.8 Å². The quantitative estimate of drug-likeness (QED) is 0.898. The smallest absolute Gasteiger partial charge is 0.0436 e. The van der Waals surface area contributed by atoms with Crippen LogP contribution in [-0.2, 0) is 12.8 Å². The summed E-state index contributed by atoms with van der Waals surface area (Å²) in [5.74, 6) is 0. The first-order valence-electron chi connectivity index (χ1n) is 8.53. The van der Waals surface area contributed by atoms with Gasteiger partial charge in [-0.2, -0.15) is 11.8 Å². The van der Waals surface area contributed by atoms with Crippen LogP contribution in [0.1, 0.15) is 67.5 Å². The first-order chi connectivity index (χ1) is 10.3. The average Bonchev–Trinajstić information content (AvgIpc) is 2.54. The van der Waals surface area contributed by atoms with Gasteiger partial charge in [-0.05, 0) is 56.4 Å². The maximum atomic E-state index is 4.73. The summed E-state index contributed by atoms with van der Waals surface area (Å²) in [5.41, 5.74) is 4.22. The number of hydrogen-bond donors (Lipinski definition) is 1. The molecular formula is C18H28N2S. The Labute approximate surface area is 133 Å². The van der Waals surface area contributed by atoms with Gasteiger partial charge in [0.05, 0.1) is 0 Å². The van der Waals surface area contributed by atoms with Gasteiger partial charge in [0.2, 0.25) is 0 Å². The van der Waals surface area contributed by atoms with Crippen molar-refractivity contribution in [3.63, 3.8) is 0 Å². The molecule has 1 N–H and O–H groups in total. The number of pyridine rings is 1. The fraction of sp³-hybridized carbons (Fsp3) is 0.722. The highest BCUT2D eigenvalue weighted by molar-refractivity contribution is 7.98. The Balaban J connectivity index is 1.65. The number of aryl methyl sites for hydroxylation is 1. The van der Waals surface area contributed by atoms with Crippen molar-refractivity contribution < 1.29 is 0 Å². The molecule has 0 aromatic carbocycles. The highest BCUT2D eigenvalue weighted by atomic mass is 32.2. The Hall–Kier alpha value is -0.540. The molecule has 0 spiro atoms. The van der Waals surface area contributed by atoms with Crippen molar-refractivity contribution in [1.29, 1.82) is 0 Å². The lowest BCUT2D eigenvalue weighted by molar-refractivity contribution is 0.319. The molecule has 0 radical (unpaired) electrons. The van der Waals surface area contributed by atoms with E-state index in [9.17, 15) is 0 Å². The first kappa shape index (κ1) is 15.4. The predicted octanol–water partition coefficient (Wildman–Crippen LogP) is 4.29. The van der Waals surface area contributed by atoms with Crippen LogP contribution in [0.25, 0.3) is 0 Å². The van der Waals surface area contributed by atoms with Crippen LogP contribution in [0.2, 0.25) is 0 Å². The zero-order valence-electron chi connectivity index (χ0n) is 13.4. The largest absolute Gasteiger partial charge is 0.311 e. The molecular weight excluding hydrogens is 276 g/mol. The minimum atomic E-state index is 0.550. The Morgan fingerprint density at radius 1 is 1.19 bits per heavy atom. The van der Waals surface area contributed by atoms with E-state index in [-0.39, 0.29) is 0 Å². The Morgan fingerprint density at radius 2 is 2.00 bits per heavy atom. The monoisotopic (exact) mass is 304 g/mol. The summed E-state index contributed by atoms with van der Waals surface area (Å²) in [6.07, 6.45) is 14.9. The molecule has 116 valence electrons. The van der Waals surface area contributed by atoms with Gasteiger partial charge in [0.15, 0.2) is 0 Å². The van der Waals surface area contributed by atoms with Crippen LogP contribution in [0.3, 0.4) is 0 Å². The van der Waals surface area contributed by atoms with E-state index in [2.05, 4.69) is 30.8 Å². The van der Waals surface area contributed by atoms with Gasteiger partial charge >= 0.3 is 0 Å². The normalized spacial score (nSPS) is 24.6. The SMILES string of the molecule is CSC(C)c1cnc2c(c1)CC(NC1CCCCC1)CC2. The summed E-state index contributed by atoms with van der Waals surface area (Å²) in [6, 6.07) is 3.85. The van der Waals surface area contributed by atoms with Crippen LogP contribution in [0.15, 0.2) is 12.3 Å². The van der Waals surface area contributed by atoms with E-state index in [4.69, 9.17) is 4.98 Å². The second-order valence-corrected chi connectivity index (χ2v) is 7.87. The lowest BCUT2D eigenvalue weighted by Crippen LogP contribution is -2.42. The Kier molecular flexibility index (Phi) is 5.23. The molecule has 1 heterocycles. The van der Waals surface area contributed by atoms with Crippen LogP contribution in [0.4, 0.5) is 0 Å². The number of nitrogens with zero attached hydrogens (tertiary/aromatic N) is 1. The molecule has 0 amide bonds. The van der Waals surface area contributed by atoms with E-state index >= 15 is 0 Å². The highest BCUT2D eigenvalue weighted by Crippen LogP contribution is 2.29. The van der Waals surface area contributed by atoms with Crippen molar-refractivity contribution in [2.24, 2.45) is 0 Å². The third-order valence-corrected chi connectivity index (χ3v) is 6.16. The Bertz CT molecular complexity index is 468. The molecule has 2 aliphatic carbocycles. The van der Waals surface area contributed by atoms with Gasteiger partial charge < -0.3 is 5.32 Å². The lowest BCUT2D eigenvalue weighted by Gasteiger charge is -2.31. The number of nitrogens with one attached hydrogen (secondary N) is 1. The van der Waals surface area contributed by atoms with Crippen LogP contribution < -0.4 is 5.32 Å². The van der Waals surface area contributed by atoms with Gasteiger partial charge in [0.25, 0.3) is 0 Å². The molecule has 0 saturated heterocycles. The van der Waals surface area contributed by atoms with E-state index in [1.165, 1.54) is 61.8 Å². The van der Waals surface area contributed by atoms with E-state index < -0.39 is 0 Å². The number of fused-ring (bicyclic) bond motifs is 1. The molecule has 2 unspecified atom stereocenters. The third kappa shape index (κ3) is 3.81. The predicted molar refractivity (Wildman–Crippen MR) is 92.0 cm³/mol. The number of rotatable bonds is 4. The maximum absolute atomic E-state index is 4.73. The number of thioether (sulfide) groups is 1. The molecule has 3 rings (SSSR count). The Morgan fingerprint density at radius 3 is 2.76 bits per heavy atom. The van der Waals surface area contributed by atoms with Gasteiger partial charge in [-0.3, -0.25) is 4.98 Å². The van der Waals surface area contributed by atoms with Crippen LogP contribution in [0, 0.1) is 0 Å². The molecule has 3 heteroatoms. The van der Waals surface area contributed by atoms with Crippen molar-refractivity contribution in [3.05, 3.63) is 29.1 Å².